The van der Waals surface area contributed by atoms with Crippen LogP contribution in [-0.4, -0.2) is 48.6 Å². The number of carbonyl (C=O) groups is 2. The molecule has 1 aromatic heterocycles. The van der Waals surface area contributed by atoms with Crippen molar-refractivity contribution in [3.63, 3.8) is 0 Å². The molecule has 1 N–H and O–H groups in total. The number of amides is 1. The van der Waals surface area contributed by atoms with Crippen LogP contribution in [0.1, 0.15) is 75.9 Å². The summed E-state index contributed by atoms with van der Waals surface area (Å²) < 4.78 is 17.8. The fourth-order valence-electron chi connectivity index (χ4n) is 4.81. The zero-order valence-electron chi connectivity index (χ0n) is 20.4. The Morgan fingerprint density at radius 2 is 1.91 bits per heavy atom. The molecule has 178 valence electrons. The van der Waals surface area contributed by atoms with E-state index in [0.29, 0.717) is 25.1 Å². The monoisotopic (exact) mass is 446 g/mol. The number of esters is 1. The second kappa shape index (κ2) is 12.0. The summed E-state index contributed by atoms with van der Waals surface area (Å²) in [6.07, 6.45) is 11.1. The molecule has 0 aromatic carbocycles. The van der Waals surface area contributed by atoms with Crippen molar-refractivity contribution in [3.8, 4) is 0 Å². The lowest BCUT2D eigenvalue weighted by atomic mass is 9.79. The van der Waals surface area contributed by atoms with Crippen molar-refractivity contribution in [2.24, 2.45) is 0 Å². The second-order valence-electron chi connectivity index (χ2n) is 9.15. The summed E-state index contributed by atoms with van der Waals surface area (Å²) in [6, 6.07) is 0. The maximum absolute atomic E-state index is 13.1. The number of halogens is 1. The van der Waals surface area contributed by atoms with Gasteiger partial charge in [0.2, 0.25) is 0 Å². The summed E-state index contributed by atoms with van der Waals surface area (Å²) >= 11 is 0. The Hall–Kier alpha value is -2.37. The van der Waals surface area contributed by atoms with Gasteiger partial charge in [-0.25, -0.2) is 4.39 Å². The molecule has 0 atom stereocenters. The first-order valence-corrected chi connectivity index (χ1v) is 11.8. The van der Waals surface area contributed by atoms with E-state index in [-0.39, 0.29) is 23.7 Å². The number of nitrogens with zero attached hydrogens (tertiary/aromatic N) is 1. The van der Waals surface area contributed by atoms with E-state index in [1.165, 1.54) is 23.8 Å². The minimum atomic E-state index is -0.601. The molecular weight excluding hydrogens is 407 g/mol. The number of likely N-dealkylation sites (N-methyl/N-ethyl adjacent to an activating group) is 1. The van der Waals surface area contributed by atoms with E-state index < -0.39 is 6.67 Å². The number of aryl methyl sites for hydroxylation is 1. The van der Waals surface area contributed by atoms with E-state index >= 15 is 0 Å². The number of carbonyl (C=O) groups excluding carboxylic acids is 2. The Bertz CT molecular complexity index is 851. The van der Waals surface area contributed by atoms with E-state index in [4.69, 9.17) is 4.74 Å². The van der Waals surface area contributed by atoms with Crippen molar-refractivity contribution >= 4 is 11.9 Å². The predicted molar refractivity (Wildman–Crippen MR) is 127 cm³/mol. The van der Waals surface area contributed by atoms with E-state index in [1.807, 2.05) is 19.9 Å². The van der Waals surface area contributed by atoms with Gasteiger partial charge in [-0.2, -0.15) is 0 Å². The average molecular weight is 447 g/mol. The van der Waals surface area contributed by atoms with Crippen molar-refractivity contribution in [3.05, 3.63) is 46.3 Å². The van der Waals surface area contributed by atoms with Crippen LogP contribution in [0.25, 0.3) is 0 Å². The Labute approximate surface area is 192 Å². The van der Waals surface area contributed by atoms with Crippen LogP contribution < -0.4 is 0 Å². The fourth-order valence-corrected chi connectivity index (χ4v) is 4.81. The van der Waals surface area contributed by atoms with Crippen molar-refractivity contribution in [2.45, 2.75) is 78.1 Å². The molecule has 1 aliphatic rings. The van der Waals surface area contributed by atoms with Crippen LogP contribution in [0.3, 0.4) is 0 Å². The third-order valence-electron chi connectivity index (χ3n) is 5.96. The minimum absolute atomic E-state index is 0.127. The fraction of sp³-hybridized carbons (Fsp3) is 0.615. The Balaban J connectivity index is 2.37. The topological polar surface area (TPSA) is 62.4 Å². The van der Waals surface area contributed by atoms with Crippen LogP contribution >= 0.6 is 0 Å². The lowest BCUT2D eigenvalue weighted by Crippen LogP contribution is -2.39. The molecule has 0 fully saturated rings. The van der Waals surface area contributed by atoms with Gasteiger partial charge in [-0.1, -0.05) is 45.4 Å². The molecule has 32 heavy (non-hydrogen) atoms. The largest absolute Gasteiger partial charge is 0.466 e. The van der Waals surface area contributed by atoms with Crippen molar-refractivity contribution in [1.29, 1.82) is 0 Å². The molecule has 0 saturated carbocycles. The smallest absolute Gasteiger partial charge is 0.311 e. The lowest BCUT2D eigenvalue weighted by Gasteiger charge is -2.32. The summed E-state index contributed by atoms with van der Waals surface area (Å²) in [6.45, 7) is 8.25. The molecule has 1 amide bonds. The lowest BCUT2D eigenvalue weighted by molar-refractivity contribution is -0.142. The standard InChI is InChI=1S/C26H39FN2O3/c1-6-12-19(13-11-16-27)25(31)29(5)18-26(3,4)24-20-14-9-8-10-15-21(20)28-22(24)17-23(30)32-7-2/h11-13,28H,6-10,14-18H2,1-5H3/b13-11-,19-12+. The number of alkyl halides is 1. The Morgan fingerprint density at radius 3 is 2.56 bits per heavy atom. The van der Waals surface area contributed by atoms with Crippen molar-refractivity contribution in [2.75, 3.05) is 26.9 Å². The number of rotatable bonds is 10. The first kappa shape index (κ1) is 25.9. The Morgan fingerprint density at radius 1 is 1.19 bits per heavy atom. The van der Waals surface area contributed by atoms with Gasteiger partial charge in [-0.05, 0) is 50.2 Å². The number of nitrogens with one attached hydrogen (secondary N) is 1. The molecule has 6 heteroatoms. The highest BCUT2D eigenvalue weighted by Gasteiger charge is 2.33. The zero-order valence-corrected chi connectivity index (χ0v) is 20.4. The molecule has 0 bridgehead atoms. The molecule has 0 spiro atoms. The van der Waals surface area contributed by atoms with Gasteiger partial charge < -0.3 is 14.6 Å². The number of aromatic amines is 1. The van der Waals surface area contributed by atoms with E-state index in [1.54, 1.807) is 18.0 Å². The molecule has 1 aromatic rings. The van der Waals surface area contributed by atoms with Gasteiger partial charge in [-0.3, -0.25) is 9.59 Å². The quantitative estimate of drug-likeness (QED) is 0.238. The van der Waals surface area contributed by atoms with Crippen molar-refractivity contribution in [1.82, 2.24) is 9.88 Å². The van der Waals surface area contributed by atoms with Crippen LogP contribution in [0.4, 0.5) is 4.39 Å². The Kier molecular flexibility index (Phi) is 9.73. The van der Waals surface area contributed by atoms with Gasteiger partial charge in [0.15, 0.2) is 0 Å². The van der Waals surface area contributed by atoms with Crippen LogP contribution in [0.15, 0.2) is 23.8 Å². The van der Waals surface area contributed by atoms with Gasteiger partial charge in [0.1, 0.15) is 6.67 Å². The number of fused-ring (bicyclic) bond motifs is 1. The van der Waals surface area contributed by atoms with Gasteiger partial charge in [0.25, 0.3) is 5.91 Å². The van der Waals surface area contributed by atoms with Crippen LogP contribution in [0.2, 0.25) is 0 Å². The maximum Gasteiger partial charge on any atom is 0.311 e. The molecular formula is C26H39FN2O3. The minimum Gasteiger partial charge on any atom is -0.466 e. The van der Waals surface area contributed by atoms with Crippen molar-refractivity contribution < 1.29 is 18.7 Å². The molecule has 2 rings (SSSR count). The second-order valence-corrected chi connectivity index (χ2v) is 9.15. The summed E-state index contributed by atoms with van der Waals surface area (Å²) in [5, 5.41) is 0. The molecule has 0 aliphatic heterocycles. The molecule has 5 nitrogen and oxygen atoms in total. The maximum atomic E-state index is 13.1. The van der Waals surface area contributed by atoms with Crippen LogP contribution in [-0.2, 0) is 39.0 Å². The number of aromatic nitrogens is 1. The highest BCUT2D eigenvalue weighted by atomic mass is 19.1. The summed E-state index contributed by atoms with van der Waals surface area (Å²) in [5.41, 5.74) is 4.70. The SMILES string of the molecule is CC/C=C(\C=C/CF)C(=O)N(C)CC(C)(C)c1c(CC(=O)OCC)[nH]c2c1CCCCC2. The van der Waals surface area contributed by atoms with Gasteiger partial charge >= 0.3 is 5.97 Å². The third kappa shape index (κ3) is 6.57. The average Bonchev–Trinajstić information content (AvgIpc) is 2.92. The molecule has 0 radical (unpaired) electrons. The van der Waals surface area contributed by atoms with E-state index in [2.05, 4.69) is 18.8 Å². The first-order chi connectivity index (χ1) is 15.2. The summed E-state index contributed by atoms with van der Waals surface area (Å²) in [5.74, 6) is -0.367. The number of allylic oxidation sites excluding steroid dienone is 2. The van der Waals surface area contributed by atoms with Crippen LogP contribution in [0, 0.1) is 0 Å². The third-order valence-corrected chi connectivity index (χ3v) is 5.96. The predicted octanol–water partition coefficient (Wildman–Crippen LogP) is 4.99. The van der Waals surface area contributed by atoms with E-state index in [9.17, 15) is 14.0 Å². The number of H-pyrrole nitrogens is 1. The highest BCUT2D eigenvalue weighted by Crippen LogP contribution is 2.36. The molecule has 1 aliphatic carbocycles. The molecule has 1 heterocycles. The molecule has 0 saturated heterocycles. The first-order valence-electron chi connectivity index (χ1n) is 11.8. The summed E-state index contributed by atoms with van der Waals surface area (Å²) in [4.78, 5) is 30.6. The summed E-state index contributed by atoms with van der Waals surface area (Å²) in [7, 11) is 1.78. The number of hydrogen-bond acceptors (Lipinski definition) is 3. The zero-order chi connectivity index (χ0) is 23.7. The number of ether oxygens (including phenoxy) is 1. The van der Waals surface area contributed by atoms with E-state index in [0.717, 1.165) is 36.9 Å². The highest BCUT2D eigenvalue weighted by molar-refractivity contribution is 5.96. The van der Waals surface area contributed by atoms with Crippen LogP contribution in [0.5, 0.6) is 0 Å². The normalized spacial score (nSPS) is 14.9. The van der Waals surface area contributed by atoms with Gasteiger partial charge in [0, 0.05) is 36.0 Å². The molecule has 0 unspecified atom stereocenters. The van der Waals surface area contributed by atoms with Gasteiger partial charge in [0.05, 0.1) is 13.0 Å². The number of hydrogen-bond donors (Lipinski definition) is 1. The van der Waals surface area contributed by atoms with Gasteiger partial charge in [-0.15, -0.1) is 0 Å².